The molecule has 9 nitrogen and oxygen atoms in total. The monoisotopic (exact) mass is 2440 g/mol. The fourth-order valence-electron chi connectivity index (χ4n) is 18.4. The van der Waals surface area contributed by atoms with Crippen molar-refractivity contribution in [3.8, 4) is 78.7 Å². The molecule has 13 aromatic carbocycles. The second kappa shape index (κ2) is 49.8. The molecule has 22 rings (SSSR count). The minimum atomic E-state index is 0. The van der Waals surface area contributed by atoms with Gasteiger partial charge in [0.15, 0.2) is 0 Å². The summed E-state index contributed by atoms with van der Waals surface area (Å²) in [5.41, 5.74) is 39.5. The molecule has 0 spiro atoms. The van der Waals surface area contributed by atoms with Gasteiger partial charge in [-0.15, -0.1) is 161 Å². The average molecular weight is 2440 g/mol. The average Bonchev–Trinajstić information content (AvgIpc) is 1.19. The topological polar surface area (TPSA) is 117 Å². The van der Waals surface area contributed by atoms with E-state index in [1.165, 1.54) is 94.6 Å². The molecule has 0 fully saturated rings. The Bertz CT molecular complexity index is 8020. The maximum absolute atomic E-state index is 6.58. The SMILES string of the molecule is CC(c1ccccc1)c1cccc2c1oc1c(-c3cc(CC(C)(C)C)ccn3)[c-]ccc12.Cc1c[c-]c(-c2cc(CC(C)C)c(C)cn2)cc1.Cc1c[c-]c(-c2ccc(C)cn2)cc1.Cc1cc(-c2[c-]cc(C(C)c3ccccc3)c3c2oc2ccccc23)ncc1-c1ccccc1.Cc1ccc(-c2[c-]cccc2)nc1.Cc1cnc(-c2[c-]ccc3c2oc2cc(C(C)c4ccccc4)ccc23)cc1CC(C)C.[Ir].[Ir].[Ir]. The van der Waals surface area contributed by atoms with Crippen molar-refractivity contribution >= 4 is 65.8 Å². The van der Waals surface area contributed by atoms with Crippen LogP contribution in [-0.4, -0.2) is 29.9 Å². The molecule has 3 radical (unpaired) electrons. The van der Waals surface area contributed by atoms with Gasteiger partial charge >= 0.3 is 0 Å². The number of benzene rings is 13. The number of nitrogens with zero attached hydrogens (tertiary/aromatic N) is 6. The molecule has 12 heteroatoms. The standard InChI is InChI=1S/C32H24NO.2C30H28NO.C17H20N.C13H12N.C12H10N.3Ir/c1-21-19-29(33-20-28(21)24-13-7-4-8-14-24)26-18-17-25(22(2)23-11-5-3-6-12-23)31-27-15-9-10-16-30(27)34-32(26)31;1-20(22-10-6-5-7-11-22)23-12-8-13-24-25-14-9-15-26(29(25)32-28(23)24)27-18-21(16-17-31-27)19-30(2,3)4;1-19(2)15-24-16-28(31-18-20(24)3)27-12-8-11-26-25-14-13-23(17-29(25)32-30(26)27)21(4)22-9-6-5-7-10-22;1-12(2)9-16-10-17(18-11-14(16)4)15-7-5-13(3)6-8-15;1-10-3-6-12(7-4-10)13-8-5-11(2)9-14-13;1-10-7-8-12(13-9-10)11-5-3-2-4-6-11;;;/h3-17,19-20,22H,1-2H3;5-14,16-18,20H,19H2,1-4H3;5-11,13-14,16-19,21H,15H2,1-4H3;5-7,10-12H,9H2,1-4H3;3-6,8-9H,1-2H3;2-5,7-9H,1H3;;;/q6*-1;;;. The van der Waals surface area contributed by atoms with E-state index in [9.17, 15) is 0 Å². The molecule has 0 bridgehead atoms. The maximum Gasteiger partial charge on any atom is 0.124 e. The zero-order chi connectivity index (χ0) is 99.8. The smallest absolute Gasteiger partial charge is 0.124 e. The summed E-state index contributed by atoms with van der Waals surface area (Å²) < 4.78 is 19.5. The van der Waals surface area contributed by atoms with E-state index in [0.717, 1.165) is 158 Å². The first-order valence-electron chi connectivity index (χ1n) is 49.7. The molecule has 0 aliphatic rings. The number of pyridine rings is 6. The van der Waals surface area contributed by atoms with Gasteiger partial charge in [0.05, 0.1) is 16.7 Å². The van der Waals surface area contributed by atoms with Crippen LogP contribution >= 0.6 is 0 Å². The van der Waals surface area contributed by atoms with Gasteiger partial charge in [0.1, 0.15) is 16.7 Å². The largest absolute Gasteiger partial charge is 0.501 e. The summed E-state index contributed by atoms with van der Waals surface area (Å²) in [4.78, 5) is 27.4. The van der Waals surface area contributed by atoms with Crippen molar-refractivity contribution in [2.45, 2.75) is 155 Å². The predicted octanol–water partition coefficient (Wildman–Crippen LogP) is 35.3. The van der Waals surface area contributed by atoms with Crippen LogP contribution in [0.2, 0.25) is 0 Å². The number of aromatic nitrogens is 6. The number of furan rings is 3. The number of aryl methyl sites for hydroxylation is 7. The molecule has 0 saturated carbocycles. The zero-order valence-electron chi connectivity index (χ0n) is 86.1. The second-order valence-corrected chi connectivity index (χ2v) is 39.7. The van der Waals surface area contributed by atoms with E-state index < -0.39 is 0 Å². The summed E-state index contributed by atoms with van der Waals surface area (Å²) in [7, 11) is 0. The van der Waals surface area contributed by atoms with E-state index in [1.54, 1.807) is 0 Å². The van der Waals surface area contributed by atoms with Crippen LogP contribution in [0.5, 0.6) is 0 Å². The molecule has 0 saturated heterocycles. The van der Waals surface area contributed by atoms with Gasteiger partial charge in [0.2, 0.25) is 0 Å². The Morgan fingerprint density at radius 1 is 0.295 bits per heavy atom. The molecule has 146 heavy (non-hydrogen) atoms. The van der Waals surface area contributed by atoms with Gasteiger partial charge in [-0.3, -0.25) is 0 Å². The second-order valence-electron chi connectivity index (χ2n) is 39.7. The molecule has 9 heterocycles. The molecule has 739 valence electrons. The number of hydrogen-bond acceptors (Lipinski definition) is 9. The Labute approximate surface area is 902 Å². The molecule has 0 aliphatic heterocycles. The first kappa shape index (κ1) is 108. The summed E-state index contributed by atoms with van der Waals surface area (Å²) in [5.74, 6) is 2.02. The summed E-state index contributed by atoms with van der Waals surface area (Å²) >= 11 is 0. The van der Waals surface area contributed by atoms with Crippen molar-refractivity contribution in [2.75, 3.05) is 0 Å². The fraction of sp³-hybridized carbons (Fsp3) is 0.194. The molecule has 3 atom stereocenters. The van der Waals surface area contributed by atoms with Crippen LogP contribution in [-0.2, 0) is 79.6 Å². The third kappa shape index (κ3) is 26.3. The van der Waals surface area contributed by atoms with E-state index in [1.807, 2.05) is 136 Å². The van der Waals surface area contributed by atoms with Crippen LogP contribution < -0.4 is 0 Å². The Balaban J connectivity index is 0.000000143. The molecular formula is C134H122Ir3N6O3-6. The van der Waals surface area contributed by atoms with Crippen LogP contribution in [0, 0.1) is 102 Å². The summed E-state index contributed by atoms with van der Waals surface area (Å²) in [6.45, 7) is 37.1. The maximum atomic E-state index is 6.58. The molecule has 3 unspecified atom stereocenters. The van der Waals surface area contributed by atoms with Crippen LogP contribution in [0.25, 0.3) is 144 Å². The van der Waals surface area contributed by atoms with Crippen LogP contribution in [0.3, 0.4) is 0 Å². The zero-order valence-corrected chi connectivity index (χ0v) is 93.2. The molecule has 0 amide bonds. The van der Waals surface area contributed by atoms with E-state index in [4.69, 9.17) is 23.2 Å². The third-order valence-electron chi connectivity index (χ3n) is 26.3. The Hall–Kier alpha value is -13.9. The van der Waals surface area contributed by atoms with E-state index in [-0.39, 0.29) is 77.6 Å². The third-order valence-corrected chi connectivity index (χ3v) is 26.3. The van der Waals surface area contributed by atoms with Gasteiger partial charge < -0.3 is 43.2 Å². The van der Waals surface area contributed by atoms with Crippen molar-refractivity contribution in [3.63, 3.8) is 0 Å². The van der Waals surface area contributed by atoms with Crippen molar-refractivity contribution in [1.29, 1.82) is 0 Å². The van der Waals surface area contributed by atoms with Gasteiger partial charge in [0.25, 0.3) is 0 Å². The van der Waals surface area contributed by atoms with E-state index in [2.05, 4.69) is 403 Å². The van der Waals surface area contributed by atoms with Crippen molar-refractivity contribution in [1.82, 2.24) is 29.9 Å². The number of para-hydroxylation sites is 2. The first-order chi connectivity index (χ1) is 69.3. The summed E-state index contributed by atoms with van der Waals surface area (Å²) in [5, 5.41) is 6.77. The normalized spacial score (nSPS) is 11.7. The van der Waals surface area contributed by atoms with Gasteiger partial charge in [-0.1, -0.05) is 351 Å². The number of rotatable bonds is 18. The minimum Gasteiger partial charge on any atom is -0.501 e. The molecule has 0 N–H and O–H groups in total. The van der Waals surface area contributed by atoms with Crippen LogP contribution in [0.15, 0.2) is 378 Å². The Morgan fingerprint density at radius 3 is 1.32 bits per heavy atom. The first-order valence-corrected chi connectivity index (χ1v) is 49.7. The molecular weight excluding hydrogens is 2320 g/mol. The summed E-state index contributed by atoms with van der Waals surface area (Å²) in [6, 6.07) is 133. The quantitative estimate of drug-likeness (QED) is 0.0774. The van der Waals surface area contributed by atoms with Gasteiger partial charge in [-0.05, 0) is 185 Å². The molecule has 22 aromatic rings. The number of hydrogen-bond donors (Lipinski definition) is 0. The van der Waals surface area contributed by atoms with Crippen molar-refractivity contribution in [3.05, 3.63) is 490 Å². The fourth-order valence-corrected chi connectivity index (χ4v) is 18.4. The predicted molar refractivity (Wildman–Crippen MR) is 594 cm³/mol. The van der Waals surface area contributed by atoms with E-state index >= 15 is 0 Å². The number of fused-ring (bicyclic) bond motifs is 9. The Kier molecular flexibility index (Phi) is 36.8. The van der Waals surface area contributed by atoms with Crippen LogP contribution in [0.1, 0.15) is 176 Å². The van der Waals surface area contributed by atoms with Crippen molar-refractivity contribution in [2.24, 2.45) is 17.3 Å². The van der Waals surface area contributed by atoms with Gasteiger partial charge in [0, 0.05) is 137 Å². The molecule has 9 aromatic heterocycles. The minimum absolute atomic E-state index is 0. The summed E-state index contributed by atoms with van der Waals surface area (Å²) in [6.07, 6.45) is 14.7. The van der Waals surface area contributed by atoms with Gasteiger partial charge in [-0.2, -0.15) is 0 Å². The van der Waals surface area contributed by atoms with E-state index in [0.29, 0.717) is 17.8 Å². The Morgan fingerprint density at radius 2 is 0.767 bits per heavy atom. The van der Waals surface area contributed by atoms with Crippen molar-refractivity contribution < 1.29 is 73.6 Å². The molecule has 0 aliphatic carbocycles. The van der Waals surface area contributed by atoms with Crippen LogP contribution in [0.4, 0.5) is 0 Å². The van der Waals surface area contributed by atoms with Gasteiger partial charge in [-0.25, -0.2) is 0 Å².